The number of hydrogen-bond donors (Lipinski definition) is 0. The minimum atomic E-state index is -0.459. The molecule has 17 heavy (non-hydrogen) atoms. The number of benzene rings is 1. The van der Waals surface area contributed by atoms with Crippen LogP contribution in [0.25, 0.3) is 6.08 Å². The van der Waals surface area contributed by atoms with Crippen molar-refractivity contribution in [3.05, 3.63) is 45.6 Å². The molecule has 0 amide bonds. The van der Waals surface area contributed by atoms with E-state index in [0.717, 1.165) is 35.9 Å². The van der Waals surface area contributed by atoms with Crippen molar-refractivity contribution in [2.75, 3.05) is 0 Å². The maximum Gasteiger partial charge on any atom is 0.235 e. The van der Waals surface area contributed by atoms with Crippen LogP contribution in [0.2, 0.25) is 0 Å². The van der Waals surface area contributed by atoms with Gasteiger partial charge in [-0.05, 0) is 49.9 Å². The van der Waals surface area contributed by atoms with Crippen molar-refractivity contribution in [3.63, 3.8) is 0 Å². The number of nitro groups is 1. The predicted molar refractivity (Wildman–Crippen MR) is 65.5 cm³/mol. The van der Waals surface area contributed by atoms with Crippen LogP contribution in [0.1, 0.15) is 31.4 Å². The van der Waals surface area contributed by atoms with Gasteiger partial charge in [0, 0.05) is 6.08 Å². The van der Waals surface area contributed by atoms with Crippen molar-refractivity contribution in [1.29, 1.82) is 0 Å². The van der Waals surface area contributed by atoms with Gasteiger partial charge in [0.15, 0.2) is 0 Å². The van der Waals surface area contributed by atoms with Gasteiger partial charge >= 0.3 is 0 Å². The normalized spacial score (nSPS) is 17.5. The van der Waals surface area contributed by atoms with E-state index in [1.807, 2.05) is 18.2 Å². The summed E-state index contributed by atoms with van der Waals surface area (Å²) < 4.78 is 5.84. The van der Waals surface area contributed by atoms with E-state index in [-0.39, 0.29) is 5.60 Å². The Bertz CT molecular complexity index is 478. The summed E-state index contributed by atoms with van der Waals surface area (Å²) in [7, 11) is 0. The van der Waals surface area contributed by atoms with Gasteiger partial charge in [0.05, 0.1) is 4.92 Å². The molecule has 0 bridgehead atoms. The minimum Gasteiger partial charge on any atom is -0.488 e. The number of nitrogens with zero attached hydrogens (tertiary/aromatic N) is 1. The van der Waals surface area contributed by atoms with Crippen LogP contribution in [0.5, 0.6) is 5.75 Å². The lowest BCUT2D eigenvalue weighted by atomic mass is 9.93. The summed E-state index contributed by atoms with van der Waals surface area (Å²) in [6.07, 6.45) is 4.36. The highest BCUT2D eigenvalue weighted by Crippen LogP contribution is 2.33. The molecule has 0 saturated heterocycles. The first kappa shape index (κ1) is 11.6. The van der Waals surface area contributed by atoms with Crippen LogP contribution in [-0.4, -0.2) is 10.5 Å². The fourth-order valence-corrected chi connectivity index (χ4v) is 1.93. The van der Waals surface area contributed by atoms with Crippen LogP contribution < -0.4 is 4.74 Å². The molecular formula is C13H15NO3. The van der Waals surface area contributed by atoms with Crippen molar-refractivity contribution in [2.45, 2.75) is 32.3 Å². The second kappa shape index (κ2) is 4.20. The molecule has 1 aromatic rings. The molecule has 2 rings (SSSR count). The molecule has 0 N–H and O–H groups in total. The Kier molecular flexibility index (Phi) is 2.88. The average Bonchev–Trinajstić information content (AvgIpc) is 2.25. The summed E-state index contributed by atoms with van der Waals surface area (Å²) in [5.41, 5.74) is 1.84. The van der Waals surface area contributed by atoms with E-state index in [0.29, 0.717) is 0 Å². The van der Waals surface area contributed by atoms with Crippen molar-refractivity contribution < 1.29 is 9.66 Å². The van der Waals surface area contributed by atoms with E-state index in [1.165, 1.54) is 6.08 Å². The first-order valence-corrected chi connectivity index (χ1v) is 5.60. The predicted octanol–water partition coefficient (Wildman–Crippen LogP) is 3.04. The summed E-state index contributed by atoms with van der Waals surface area (Å²) in [6.45, 7) is 4.13. The Balaban J connectivity index is 2.24. The van der Waals surface area contributed by atoms with Gasteiger partial charge in [-0.3, -0.25) is 10.1 Å². The number of rotatable bonds is 2. The van der Waals surface area contributed by atoms with Gasteiger partial charge in [-0.1, -0.05) is 6.07 Å². The lowest BCUT2D eigenvalue weighted by Gasteiger charge is -2.32. The van der Waals surface area contributed by atoms with E-state index in [2.05, 4.69) is 13.8 Å². The van der Waals surface area contributed by atoms with Gasteiger partial charge in [-0.2, -0.15) is 0 Å². The zero-order chi connectivity index (χ0) is 12.5. The molecule has 0 saturated carbocycles. The smallest absolute Gasteiger partial charge is 0.235 e. The molecule has 0 aromatic heterocycles. The molecule has 0 unspecified atom stereocenters. The molecule has 90 valence electrons. The van der Waals surface area contributed by atoms with Crippen LogP contribution >= 0.6 is 0 Å². The van der Waals surface area contributed by atoms with Crippen LogP contribution in [-0.2, 0) is 6.42 Å². The summed E-state index contributed by atoms with van der Waals surface area (Å²) in [5, 5.41) is 10.2. The van der Waals surface area contributed by atoms with Crippen molar-refractivity contribution in [1.82, 2.24) is 0 Å². The summed E-state index contributed by atoms with van der Waals surface area (Å²) in [6, 6.07) is 5.67. The molecule has 0 atom stereocenters. The minimum absolute atomic E-state index is 0.120. The first-order valence-electron chi connectivity index (χ1n) is 5.60. The van der Waals surface area contributed by atoms with Crippen LogP contribution in [0.3, 0.4) is 0 Å². The molecule has 1 heterocycles. The van der Waals surface area contributed by atoms with Crippen LogP contribution in [0, 0.1) is 10.1 Å². The Morgan fingerprint density at radius 2 is 2.24 bits per heavy atom. The lowest BCUT2D eigenvalue weighted by Crippen LogP contribution is -2.32. The van der Waals surface area contributed by atoms with Gasteiger partial charge < -0.3 is 4.74 Å². The zero-order valence-electron chi connectivity index (χ0n) is 9.97. The monoisotopic (exact) mass is 233 g/mol. The van der Waals surface area contributed by atoms with Crippen LogP contribution in [0.15, 0.2) is 24.4 Å². The van der Waals surface area contributed by atoms with E-state index in [4.69, 9.17) is 4.74 Å². The summed E-state index contributed by atoms with van der Waals surface area (Å²) in [4.78, 5) is 9.78. The Morgan fingerprint density at radius 1 is 1.47 bits per heavy atom. The SMILES string of the molecule is CC1(C)CCc2cc(/C=C/[N+](=O)[O-])ccc2O1. The quantitative estimate of drug-likeness (QED) is 0.582. The van der Waals surface area contributed by atoms with Gasteiger partial charge in [0.25, 0.3) is 0 Å². The molecule has 0 fully saturated rings. The highest BCUT2D eigenvalue weighted by atomic mass is 16.6. The number of hydrogen-bond acceptors (Lipinski definition) is 3. The molecule has 4 heteroatoms. The maximum atomic E-state index is 10.2. The highest BCUT2D eigenvalue weighted by Gasteiger charge is 2.26. The van der Waals surface area contributed by atoms with Gasteiger partial charge in [-0.15, -0.1) is 0 Å². The Hall–Kier alpha value is -1.84. The third-order valence-corrected chi connectivity index (χ3v) is 2.86. The molecule has 1 aromatic carbocycles. The molecular weight excluding hydrogens is 218 g/mol. The maximum absolute atomic E-state index is 10.2. The molecule has 0 spiro atoms. The summed E-state index contributed by atoms with van der Waals surface area (Å²) in [5.74, 6) is 0.888. The van der Waals surface area contributed by atoms with E-state index in [9.17, 15) is 10.1 Å². The van der Waals surface area contributed by atoms with Crippen molar-refractivity contribution >= 4 is 6.08 Å². The highest BCUT2D eigenvalue weighted by molar-refractivity contribution is 5.53. The lowest BCUT2D eigenvalue weighted by molar-refractivity contribution is -0.400. The number of ether oxygens (including phenoxy) is 1. The number of aryl methyl sites for hydroxylation is 1. The summed E-state index contributed by atoms with van der Waals surface area (Å²) >= 11 is 0. The molecule has 1 aliphatic rings. The van der Waals surface area contributed by atoms with Crippen molar-refractivity contribution in [3.8, 4) is 5.75 Å². The Labute approximate surface area is 100 Å². The zero-order valence-corrected chi connectivity index (χ0v) is 9.97. The molecule has 1 aliphatic heterocycles. The first-order chi connectivity index (χ1) is 7.96. The second-order valence-corrected chi connectivity index (χ2v) is 4.83. The Morgan fingerprint density at radius 3 is 2.94 bits per heavy atom. The molecule has 0 radical (unpaired) electrons. The molecule has 0 aliphatic carbocycles. The van der Waals surface area contributed by atoms with Gasteiger partial charge in [0.2, 0.25) is 6.20 Å². The van der Waals surface area contributed by atoms with E-state index < -0.39 is 4.92 Å². The van der Waals surface area contributed by atoms with Gasteiger partial charge in [0.1, 0.15) is 11.4 Å². The average molecular weight is 233 g/mol. The molecule has 4 nitrogen and oxygen atoms in total. The largest absolute Gasteiger partial charge is 0.488 e. The van der Waals surface area contributed by atoms with E-state index in [1.54, 1.807) is 0 Å². The topological polar surface area (TPSA) is 52.4 Å². The number of fused-ring (bicyclic) bond motifs is 1. The fraction of sp³-hybridized carbons (Fsp3) is 0.385. The van der Waals surface area contributed by atoms with E-state index >= 15 is 0 Å². The fourth-order valence-electron chi connectivity index (χ4n) is 1.93. The third-order valence-electron chi connectivity index (χ3n) is 2.86. The standard InChI is InChI=1S/C13H15NO3/c1-13(2)7-5-11-9-10(6-8-14(15)16)3-4-12(11)17-13/h3-4,6,8-9H,5,7H2,1-2H3/b8-6+. The van der Waals surface area contributed by atoms with Crippen LogP contribution in [0.4, 0.5) is 0 Å². The van der Waals surface area contributed by atoms with Crippen molar-refractivity contribution in [2.24, 2.45) is 0 Å². The van der Waals surface area contributed by atoms with Gasteiger partial charge in [-0.25, -0.2) is 0 Å². The third kappa shape index (κ3) is 2.84. The second-order valence-electron chi connectivity index (χ2n) is 4.83.